The smallest absolute Gasteiger partial charge is 0.176 e. The van der Waals surface area contributed by atoms with Gasteiger partial charge in [0.2, 0.25) is 0 Å². The fourth-order valence-electron chi connectivity index (χ4n) is 4.47. The predicted molar refractivity (Wildman–Crippen MR) is 114 cm³/mol. The van der Waals surface area contributed by atoms with Crippen molar-refractivity contribution in [2.24, 2.45) is 0 Å². The maximum atomic E-state index is 12.9. The van der Waals surface area contributed by atoms with E-state index in [2.05, 4.69) is 27.9 Å². The molecule has 0 unspecified atom stereocenters. The molecule has 29 heavy (non-hydrogen) atoms. The van der Waals surface area contributed by atoms with E-state index in [1.165, 1.54) is 0 Å². The topological polar surface area (TPSA) is 88.4 Å². The number of carbonyl (C=O) groups excluding carboxylic acids is 2. The van der Waals surface area contributed by atoms with Gasteiger partial charge in [-0.3, -0.25) is 9.59 Å². The number of methoxy groups -OCH3 is 1. The maximum absolute atomic E-state index is 12.9. The molecule has 7 heteroatoms. The van der Waals surface area contributed by atoms with Gasteiger partial charge in [0, 0.05) is 41.3 Å². The van der Waals surface area contributed by atoms with E-state index in [0.717, 1.165) is 46.2 Å². The van der Waals surface area contributed by atoms with E-state index in [1.807, 2.05) is 18.2 Å². The van der Waals surface area contributed by atoms with Crippen LogP contribution in [0, 0.1) is 14.9 Å². The molecule has 0 fully saturated rings. The van der Waals surface area contributed by atoms with Crippen LogP contribution in [-0.4, -0.2) is 25.3 Å². The molecule has 0 amide bonds. The Balaban J connectivity index is 1.88. The number of benzene rings is 1. The lowest BCUT2D eigenvalue weighted by molar-refractivity contribution is -0.116. The third-order valence-electron chi connectivity index (χ3n) is 5.66. The van der Waals surface area contributed by atoms with E-state index in [-0.39, 0.29) is 24.1 Å². The van der Waals surface area contributed by atoms with Gasteiger partial charge in [-0.2, -0.15) is 5.26 Å². The normalized spacial score (nSPS) is 19.3. The first kappa shape index (κ1) is 20.0. The summed E-state index contributed by atoms with van der Waals surface area (Å²) in [6.07, 6.45) is 4.31. The van der Waals surface area contributed by atoms with Crippen molar-refractivity contribution in [3.8, 4) is 17.6 Å². The first-order chi connectivity index (χ1) is 14.0. The average Bonchev–Trinajstić information content (AvgIpc) is 2.71. The molecule has 0 saturated heterocycles. The van der Waals surface area contributed by atoms with E-state index >= 15 is 0 Å². The number of nitrogens with one attached hydrogen (secondary N) is 1. The van der Waals surface area contributed by atoms with Gasteiger partial charge in [-0.25, -0.2) is 0 Å². The number of nitrogens with zero attached hydrogens (tertiary/aromatic N) is 1. The molecule has 6 nitrogen and oxygen atoms in total. The number of allylic oxidation sites excluding steroid dienone is 4. The van der Waals surface area contributed by atoms with E-state index in [9.17, 15) is 9.59 Å². The average molecular weight is 504 g/mol. The van der Waals surface area contributed by atoms with Crippen molar-refractivity contribution < 1.29 is 19.1 Å². The Labute approximate surface area is 183 Å². The van der Waals surface area contributed by atoms with Gasteiger partial charge in [0.1, 0.15) is 6.07 Å². The molecule has 0 spiro atoms. The van der Waals surface area contributed by atoms with Crippen LogP contribution < -0.4 is 14.8 Å². The number of carbonyl (C=O) groups is 2. The van der Waals surface area contributed by atoms with Crippen LogP contribution in [0.3, 0.4) is 0 Å². The Morgan fingerprint density at radius 2 is 1.72 bits per heavy atom. The number of Topliss-reactive ketones (excluding diaryl/α,β-unsaturated/α-hetero) is 2. The van der Waals surface area contributed by atoms with E-state index < -0.39 is 0 Å². The number of rotatable bonds is 4. The zero-order chi connectivity index (χ0) is 20.5. The molecule has 0 atom stereocenters. The Bertz CT molecular complexity index is 961. The lowest BCUT2D eigenvalue weighted by Gasteiger charge is -2.37. The first-order valence-electron chi connectivity index (χ1n) is 9.71. The second kappa shape index (κ2) is 8.19. The van der Waals surface area contributed by atoms with Crippen molar-refractivity contribution in [2.45, 2.75) is 44.4 Å². The number of ketones is 2. The Morgan fingerprint density at radius 1 is 1.10 bits per heavy atom. The molecule has 4 rings (SSSR count). The molecule has 3 aliphatic rings. The van der Waals surface area contributed by atoms with Gasteiger partial charge in [-0.1, -0.05) is 0 Å². The monoisotopic (exact) mass is 504 g/mol. The largest absolute Gasteiger partial charge is 0.493 e. The number of nitriles is 1. The summed E-state index contributed by atoms with van der Waals surface area (Å²) >= 11 is 2.14. The number of ether oxygens (including phenoxy) is 2. The minimum Gasteiger partial charge on any atom is -0.493 e. The van der Waals surface area contributed by atoms with E-state index in [4.69, 9.17) is 14.7 Å². The van der Waals surface area contributed by atoms with Crippen LogP contribution in [0.2, 0.25) is 0 Å². The number of halogens is 1. The van der Waals surface area contributed by atoms with Crippen molar-refractivity contribution in [3.63, 3.8) is 0 Å². The number of hydrogen-bond donors (Lipinski definition) is 1. The molecule has 1 N–H and O–H groups in total. The molecule has 0 bridgehead atoms. The van der Waals surface area contributed by atoms with Crippen molar-refractivity contribution in [2.75, 3.05) is 13.7 Å². The molecule has 1 aliphatic heterocycles. The number of dihydropyridines is 1. The summed E-state index contributed by atoms with van der Waals surface area (Å²) in [6.45, 7) is -0.0827. The summed E-state index contributed by atoms with van der Waals surface area (Å²) in [5.74, 6) is 0.825. The predicted octanol–water partition coefficient (Wildman–Crippen LogP) is 3.90. The lowest BCUT2D eigenvalue weighted by Crippen LogP contribution is -2.36. The van der Waals surface area contributed by atoms with E-state index in [1.54, 1.807) is 7.11 Å². The van der Waals surface area contributed by atoms with Crippen molar-refractivity contribution in [1.82, 2.24) is 5.32 Å². The summed E-state index contributed by atoms with van der Waals surface area (Å²) in [6, 6.07) is 5.74. The van der Waals surface area contributed by atoms with Gasteiger partial charge in [0.05, 0.1) is 10.7 Å². The van der Waals surface area contributed by atoms with Gasteiger partial charge in [0.25, 0.3) is 0 Å². The highest BCUT2D eigenvalue weighted by Crippen LogP contribution is 2.47. The Kier molecular flexibility index (Phi) is 5.63. The maximum Gasteiger partial charge on any atom is 0.176 e. The summed E-state index contributed by atoms with van der Waals surface area (Å²) in [5, 5.41) is 12.3. The summed E-state index contributed by atoms with van der Waals surface area (Å²) in [4.78, 5) is 25.8. The molecule has 1 heterocycles. The van der Waals surface area contributed by atoms with Crippen LogP contribution in [0.1, 0.15) is 50.0 Å². The molecule has 0 saturated carbocycles. The van der Waals surface area contributed by atoms with Crippen LogP contribution in [0.4, 0.5) is 0 Å². The quantitative estimate of drug-likeness (QED) is 0.626. The van der Waals surface area contributed by atoms with Gasteiger partial charge >= 0.3 is 0 Å². The Morgan fingerprint density at radius 3 is 2.28 bits per heavy atom. The minimum absolute atomic E-state index is 0.0827. The Hall–Kier alpha value is -2.34. The van der Waals surface area contributed by atoms with Crippen molar-refractivity contribution >= 4 is 34.2 Å². The molecular weight excluding hydrogens is 483 g/mol. The third kappa shape index (κ3) is 3.54. The third-order valence-corrected chi connectivity index (χ3v) is 6.46. The highest BCUT2D eigenvalue weighted by Gasteiger charge is 2.40. The van der Waals surface area contributed by atoms with Crippen molar-refractivity contribution in [1.29, 1.82) is 5.26 Å². The molecule has 1 aromatic carbocycles. The fourth-order valence-corrected chi connectivity index (χ4v) is 5.25. The number of hydrogen-bond acceptors (Lipinski definition) is 6. The highest BCUT2D eigenvalue weighted by molar-refractivity contribution is 14.1. The summed E-state index contributed by atoms with van der Waals surface area (Å²) in [5.41, 5.74) is 4.20. The fraction of sp³-hybridized carbons (Fsp3) is 0.409. The van der Waals surface area contributed by atoms with Crippen molar-refractivity contribution in [3.05, 3.63) is 43.8 Å². The first-order valence-corrected chi connectivity index (χ1v) is 10.8. The molecule has 0 aromatic heterocycles. The summed E-state index contributed by atoms with van der Waals surface area (Å²) < 4.78 is 11.8. The second-order valence-electron chi connectivity index (χ2n) is 7.38. The molecular formula is C22H21IN2O4. The van der Waals surface area contributed by atoms with E-state index in [0.29, 0.717) is 35.5 Å². The van der Waals surface area contributed by atoms with Gasteiger partial charge in [0.15, 0.2) is 29.7 Å². The zero-order valence-corrected chi connectivity index (χ0v) is 18.3. The SMILES string of the molecule is COc1cc(C2C3=C(CCCC3=O)NC3=C2C(=O)CCC3)cc(I)c1OCC#N. The lowest BCUT2D eigenvalue weighted by atomic mass is 9.71. The van der Waals surface area contributed by atoms with Crippen LogP contribution in [0.5, 0.6) is 11.5 Å². The highest BCUT2D eigenvalue weighted by atomic mass is 127. The van der Waals surface area contributed by atoms with Crippen LogP contribution >= 0.6 is 22.6 Å². The molecule has 150 valence electrons. The van der Waals surface area contributed by atoms with Crippen LogP contribution in [-0.2, 0) is 9.59 Å². The molecule has 0 radical (unpaired) electrons. The molecule has 2 aliphatic carbocycles. The minimum atomic E-state index is -0.380. The van der Waals surface area contributed by atoms with Gasteiger partial charge in [-0.15, -0.1) is 0 Å². The second-order valence-corrected chi connectivity index (χ2v) is 8.54. The van der Waals surface area contributed by atoms with Crippen LogP contribution in [0.25, 0.3) is 0 Å². The zero-order valence-electron chi connectivity index (χ0n) is 16.1. The van der Waals surface area contributed by atoms with Gasteiger partial charge in [-0.05, 0) is 66.0 Å². The standard InChI is InChI=1S/C22H21IN2O4/c1-28-18-11-12(10-13(23)22(18)29-9-8-24)19-20-14(4-2-6-16(20)26)25-15-5-3-7-17(27)21(15)19/h10-11,19,25H,2-7,9H2,1H3. The molecule has 1 aromatic rings. The summed E-state index contributed by atoms with van der Waals surface area (Å²) in [7, 11) is 1.55. The van der Waals surface area contributed by atoms with Crippen LogP contribution in [0.15, 0.2) is 34.7 Å². The van der Waals surface area contributed by atoms with Gasteiger partial charge < -0.3 is 14.8 Å².